The van der Waals surface area contributed by atoms with Gasteiger partial charge in [0, 0.05) is 6.54 Å². The number of urea groups is 1. The van der Waals surface area contributed by atoms with Crippen molar-refractivity contribution in [2.75, 3.05) is 13.1 Å². The van der Waals surface area contributed by atoms with Crippen LogP contribution in [0.15, 0.2) is 24.3 Å². The predicted octanol–water partition coefficient (Wildman–Crippen LogP) is 1.83. The molecule has 20 heavy (non-hydrogen) atoms. The molecule has 0 saturated heterocycles. The van der Waals surface area contributed by atoms with Gasteiger partial charge in [0.25, 0.3) is 0 Å². The number of ether oxygens (including phenoxy) is 1. The van der Waals surface area contributed by atoms with Gasteiger partial charge in [0.1, 0.15) is 11.9 Å². The molecule has 2 amide bonds. The van der Waals surface area contributed by atoms with Gasteiger partial charge in [-0.2, -0.15) is 0 Å². The van der Waals surface area contributed by atoms with E-state index < -0.39 is 6.10 Å². The highest BCUT2D eigenvalue weighted by Gasteiger charge is 2.07. The largest absolute Gasteiger partial charge is 0.489 e. The molecule has 5 heteroatoms. The Bertz CT molecular complexity index is 404. The molecule has 0 aliphatic rings. The molecule has 0 aromatic heterocycles. The molecule has 2 atom stereocenters. The van der Waals surface area contributed by atoms with E-state index in [4.69, 9.17) is 9.84 Å². The maximum Gasteiger partial charge on any atom is 0.314 e. The summed E-state index contributed by atoms with van der Waals surface area (Å²) in [5.74, 6) is 0.791. The molecule has 0 fully saturated rings. The number of aliphatic hydroxyl groups excluding tert-OH is 1. The Kier molecular flexibility index (Phi) is 6.87. The molecule has 0 bridgehead atoms. The molecule has 0 saturated carbocycles. The minimum atomic E-state index is -0.404. The van der Waals surface area contributed by atoms with Crippen LogP contribution in [-0.2, 0) is 0 Å². The van der Waals surface area contributed by atoms with Crippen LogP contribution in [0.25, 0.3) is 0 Å². The Morgan fingerprint density at radius 2 is 1.90 bits per heavy atom. The second-order valence-electron chi connectivity index (χ2n) is 5.02. The van der Waals surface area contributed by atoms with Crippen molar-refractivity contribution in [1.29, 1.82) is 0 Å². The quantitative estimate of drug-likeness (QED) is 0.713. The minimum absolute atomic E-state index is 0.111. The van der Waals surface area contributed by atoms with Gasteiger partial charge in [-0.1, -0.05) is 17.7 Å². The molecule has 0 radical (unpaired) electrons. The summed E-state index contributed by atoms with van der Waals surface area (Å²) >= 11 is 0. The number of benzene rings is 1. The first-order chi connectivity index (χ1) is 9.47. The van der Waals surface area contributed by atoms with Crippen molar-refractivity contribution in [3.8, 4) is 5.75 Å². The van der Waals surface area contributed by atoms with Crippen LogP contribution in [0.3, 0.4) is 0 Å². The van der Waals surface area contributed by atoms with Gasteiger partial charge in [0.2, 0.25) is 0 Å². The van der Waals surface area contributed by atoms with Crippen LogP contribution in [0, 0.1) is 6.92 Å². The van der Waals surface area contributed by atoms with E-state index in [0.29, 0.717) is 19.5 Å². The molecular weight excluding hydrogens is 256 g/mol. The van der Waals surface area contributed by atoms with E-state index in [1.807, 2.05) is 38.1 Å². The molecule has 0 aliphatic carbocycles. The van der Waals surface area contributed by atoms with Crippen molar-refractivity contribution in [1.82, 2.24) is 10.6 Å². The number of carbonyl (C=O) groups is 1. The van der Waals surface area contributed by atoms with E-state index in [-0.39, 0.29) is 12.1 Å². The number of nitrogens with one attached hydrogen (secondary N) is 2. The van der Waals surface area contributed by atoms with Gasteiger partial charge in [-0.3, -0.25) is 0 Å². The number of rotatable bonds is 7. The summed E-state index contributed by atoms with van der Waals surface area (Å²) in [5, 5.41) is 14.5. The van der Waals surface area contributed by atoms with Gasteiger partial charge < -0.3 is 20.5 Å². The van der Waals surface area contributed by atoms with E-state index >= 15 is 0 Å². The van der Waals surface area contributed by atoms with Crippen molar-refractivity contribution >= 4 is 6.03 Å². The van der Waals surface area contributed by atoms with Crippen LogP contribution in [-0.4, -0.2) is 36.4 Å². The van der Waals surface area contributed by atoms with Gasteiger partial charge in [-0.25, -0.2) is 4.79 Å². The topological polar surface area (TPSA) is 70.6 Å². The van der Waals surface area contributed by atoms with Gasteiger partial charge >= 0.3 is 6.03 Å². The minimum Gasteiger partial charge on any atom is -0.489 e. The lowest BCUT2D eigenvalue weighted by molar-refractivity contribution is 0.182. The number of hydrogen-bond donors (Lipinski definition) is 3. The van der Waals surface area contributed by atoms with Gasteiger partial charge in [0.15, 0.2) is 0 Å². The first kappa shape index (κ1) is 16.3. The number of aryl methyl sites for hydroxylation is 1. The number of aliphatic hydroxyl groups is 1. The average Bonchev–Trinajstić information content (AvgIpc) is 2.39. The van der Waals surface area contributed by atoms with E-state index in [2.05, 4.69) is 10.6 Å². The smallest absolute Gasteiger partial charge is 0.314 e. The fourth-order valence-corrected chi connectivity index (χ4v) is 1.58. The molecule has 5 nitrogen and oxygen atoms in total. The monoisotopic (exact) mass is 280 g/mol. The molecule has 1 aromatic rings. The van der Waals surface area contributed by atoms with Crippen molar-refractivity contribution in [2.45, 2.75) is 39.4 Å². The Hall–Kier alpha value is -1.75. The van der Waals surface area contributed by atoms with Crippen molar-refractivity contribution in [2.24, 2.45) is 0 Å². The molecule has 0 aliphatic heterocycles. The summed E-state index contributed by atoms with van der Waals surface area (Å²) in [7, 11) is 0. The molecule has 1 aromatic carbocycles. The van der Waals surface area contributed by atoms with E-state index in [1.54, 1.807) is 6.92 Å². The second-order valence-corrected chi connectivity index (χ2v) is 5.02. The first-order valence-corrected chi connectivity index (χ1v) is 6.90. The fraction of sp³-hybridized carbons (Fsp3) is 0.533. The molecule has 0 spiro atoms. The lowest BCUT2D eigenvalue weighted by atomic mass is 10.2. The van der Waals surface area contributed by atoms with Crippen molar-refractivity contribution < 1.29 is 14.6 Å². The zero-order valence-electron chi connectivity index (χ0n) is 12.3. The Labute approximate surface area is 120 Å². The zero-order valence-corrected chi connectivity index (χ0v) is 12.3. The van der Waals surface area contributed by atoms with Crippen LogP contribution >= 0.6 is 0 Å². The summed E-state index contributed by atoms with van der Waals surface area (Å²) in [6, 6.07) is 7.55. The third kappa shape index (κ3) is 6.99. The number of carbonyl (C=O) groups excluding carboxylic acids is 1. The second kappa shape index (κ2) is 8.43. The molecule has 2 unspecified atom stereocenters. The predicted molar refractivity (Wildman–Crippen MR) is 79.0 cm³/mol. The SMILES string of the molecule is Cc1ccc(OC(C)CNC(=O)NCCC(C)O)cc1. The Morgan fingerprint density at radius 1 is 1.25 bits per heavy atom. The van der Waals surface area contributed by atoms with Crippen LogP contribution < -0.4 is 15.4 Å². The Morgan fingerprint density at radius 3 is 2.50 bits per heavy atom. The van der Waals surface area contributed by atoms with E-state index in [0.717, 1.165) is 5.75 Å². The Balaban J connectivity index is 2.20. The highest BCUT2D eigenvalue weighted by atomic mass is 16.5. The number of hydrogen-bond acceptors (Lipinski definition) is 3. The molecule has 0 heterocycles. The third-order valence-corrected chi connectivity index (χ3v) is 2.76. The summed E-state index contributed by atoms with van der Waals surface area (Å²) in [6.07, 6.45) is 0.0300. The maximum absolute atomic E-state index is 11.5. The van der Waals surface area contributed by atoms with Crippen LogP contribution in [0.2, 0.25) is 0 Å². The summed E-state index contributed by atoms with van der Waals surface area (Å²) in [4.78, 5) is 11.5. The van der Waals surface area contributed by atoms with Crippen molar-refractivity contribution in [3.63, 3.8) is 0 Å². The zero-order chi connectivity index (χ0) is 15.0. The van der Waals surface area contributed by atoms with Crippen LogP contribution in [0.5, 0.6) is 5.75 Å². The standard InChI is InChI=1S/C15H24N2O3/c1-11-4-6-14(7-5-11)20-13(3)10-17-15(19)16-9-8-12(2)18/h4-7,12-13,18H,8-10H2,1-3H3,(H2,16,17,19). The molecule has 3 N–H and O–H groups in total. The molecular formula is C15H24N2O3. The summed E-state index contributed by atoms with van der Waals surface area (Å²) < 4.78 is 5.68. The van der Waals surface area contributed by atoms with Crippen LogP contribution in [0.1, 0.15) is 25.8 Å². The van der Waals surface area contributed by atoms with Gasteiger partial charge in [0.05, 0.1) is 12.6 Å². The maximum atomic E-state index is 11.5. The normalized spacial score (nSPS) is 13.4. The van der Waals surface area contributed by atoms with Gasteiger partial charge in [-0.05, 0) is 39.3 Å². The average molecular weight is 280 g/mol. The van der Waals surface area contributed by atoms with Crippen molar-refractivity contribution in [3.05, 3.63) is 29.8 Å². The lowest BCUT2D eigenvalue weighted by Gasteiger charge is -2.16. The fourth-order valence-electron chi connectivity index (χ4n) is 1.58. The first-order valence-electron chi connectivity index (χ1n) is 6.90. The molecule has 112 valence electrons. The summed E-state index contributed by atoms with van der Waals surface area (Å²) in [6.45, 7) is 6.49. The number of amides is 2. The lowest BCUT2D eigenvalue weighted by Crippen LogP contribution is -2.41. The third-order valence-electron chi connectivity index (χ3n) is 2.76. The van der Waals surface area contributed by atoms with E-state index in [9.17, 15) is 4.79 Å². The summed E-state index contributed by atoms with van der Waals surface area (Å²) in [5.41, 5.74) is 1.18. The van der Waals surface area contributed by atoms with E-state index in [1.165, 1.54) is 5.56 Å². The van der Waals surface area contributed by atoms with Crippen LogP contribution in [0.4, 0.5) is 4.79 Å². The highest BCUT2D eigenvalue weighted by Crippen LogP contribution is 2.12. The molecule has 1 rings (SSSR count). The highest BCUT2D eigenvalue weighted by molar-refractivity contribution is 5.73. The van der Waals surface area contributed by atoms with Gasteiger partial charge in [-0.15, -0.1) is 0 Å².